The first-order valence-corrected chi connectivity index (χ1v) is 7.13. The molecule has 5 nitrogen and oxygen atoms in total. The summed E-state index contributed by atoms with van der Waals surface area (Å²) in [6.45, 7) is 0. The number of rotatable bonds is 3. The maximum absolute atomic E-state index is 9.44. The summed E-state index contributed by atoms with van der Waals surface area (Å²) in [5, 5.41) is 13.6. The van der Waals surface area contributed by atoms with Gasteiger partial charge in [0.1, 0.15) is 5.75 Å². The summed E-state index contributed by atoms with van der Waals surface area (Å²) in [5.74, 6) is 0.876. The second-order valence-corrected chi connectivity index (χ2v) is 5.42. The highest BCUT2D eigenvalue weighted by atomic mass is 79.9. The SMILES string of the molecule is Cn1c(N/N=C\c2ccc(O)c(Br)c2)nc2ccccc21. The van der Waals surface area contributed by atoms with Crippen LogP contribution in [0.1, 0.15) is 5.56 Å². The largest absolute Gasteiger partial charge is 0.507 e. The van der Waals surface area contributed by atoms with Gasteiger partial charge < -0.3 is 9.67 Å². The molecule has 0 aliphatic heterocycles. The van der Waals surface area contributed by atoms with Crippen LogP contribution in [0.2, 0.25) is 0 Å². The van der Waals surface area contributed by atoms with E-state index in [1.165, 1.54) is 0 Å². The zero-order chi connectivity index (χ0) is 14.8. The number of anilines is 1. The Labute approximate surface area is 130 Å². The van der Waals surface area contributed by atoms with Crippen LogP contribution in [0.5, 0.6) is 5.75 Å². The number of aryl methyl sites for hydroxylation is 1. The molecule has 0 saturated carbocycles. The highest BCUT2D eigenvalue weighted by Gasteiger charge is 2.05. The number of para-hydroxylation sites is 2. The first kappa shape index (κ1) is 13.6. The molecule has 21 heavy (non-hydrogen) atoms. The fourth-order valence-corrected chi connectivity index (χ4v) is 2.41. The van der Waals surface area contributed by atoms with Gasteiger partial charge in [0.2, 0.25) is 5.95 Å². The fourth-order valence-electron chi connectivity index (χ4n) is 2.01. The van der Waals surface area contributed by atoms with Gasteiger partial charge >= 0.3 is 0 Å². The number of nitrogens with zero attached hydrogens (tertiary/aromatic N) is 3. The van der Waals surface area contributed by atoms with Gasteiger partial charge in [0.25, 0.3) is 0 Å². The number of phenols is 1. The third kappa shape index (κ3) is 2.75. The Morgan fingerprint density at radius 2 is 2.10 bits per heavy atom. The average molecular weight is 345 g/mol. The number of aromatic hydroxyl groups is 1. The molecule has 3 aromatic rings. The minimum Gasteiger partial charge on any atom is -0.507 e. The smallest absolute Gasteiger partial charge is 0.224 e. The molecule has 0 aliphatic carbocycles. The molecule has 0 saturated heterocycles. The summed E-state index contributed by atoms with van der Waals surface area (Å²) in [6.07, 6.45) is 1.67. The van der Waals surface area contributed by atoms with Crippen LogP contribution in [0.3, 0.4) is 0 Å². The first-order chi connectivity index (χ1) is 10.1. The molecule has 0 fully saturated rings. The Morgan fingerprint density at radius 1 is 1.29 bits per heavy atom. The van der Waals surface area contributed by atoms with Gasteiger partial charge in [-0.3, -0.25) is 0 Å². The van der Waals surface area contributed by atoms with Crippen molar-refractivity contribution < 1.29 is 5.11 Å². The van der Waals surface area contributed by atoms with E-state index in [1.54, 1.807) is 24.4 Å². The zero-order valence-corrected chi connectivity index (χ0v) is 12.9. The van der Waals surface area contributed by atoms with Crippen molar-refractivity contribution in [1.82, 2.24) is 9.55 Å². The molecule has 0 bridgehead atoms. The van der Waals surface area contributed by atoms with Crippen molar-refractivity contribution in [2.24, 2.45) is 12.1 Å². The van der Waals surface area contributed by atoms with Crippen LogP contribution in [0.15, 0.2) is 52.0 Å². The quantitative estimate of drug-likeness (QED) is 0.564. The number of aromatic nitrogens is 2. The number of fused-ring (bicyclic) bond motifs is 1. The molecule has 1 heterocycles. The number of hydrogen-bond acceptors (Lipinski definition) is 4. The standard InChI is InChI=1S/C15H13BrN4O/c1-20-13-5-3-2-4-12(13)18-15(20)19-17-9-10-6-7-14(21)11(16)8-10/h2-9,21H,1H3,(H,18,19)/b17-9-. The molecule has 2 N–H and O–H groups in total. The topological polar surface area (TPSA) is 62.4 Å². The lowest BCUT2D eigenvalue weighted by molar-refractivity contribution is 0.472. The predicted octanol–water partition coefficient (Wildman–Crippen LogP) is 3.49. The van der Waals surface area contributed by atoms with Crippen LogP contribution in [0, 0.1) is 0 Å². The van der Waals surface area contributed by atoms with Crippen molar-refractivity contribution in [3.05, 3.63) is 52.5 Å². The molecule has 0 unspecified atom stereocenters. The van der Waals surface area contributed by atoms with E-state index in [1.807, 2.05) is 35.9 Å². The van der Waals surface area contributed by atoms with Gasteiger partial charge in [-0.2, -0.15) is 5.10 Å². The van der Waals surface area contributed by atoms with Gasteiger partial charge in [-0.15, -0.1) is 0 Å². The Balaban J connectivity index is 1.81. The molecule has 1 aromatic heterocycles. The molecule has 0 radical (unpaired) electrons. The lowest BCUT2D eigenvalue weighted by Crippen LogP contribution is -1.98. The highest BCUT2D eigenvalue weighted by molar-refractivity contribution is 9.10. The number of imidazole rings is 1. The van der Waals surface area contributed by atoms with Crippen LogP contribution in [0.25, 0.3) is 11.0 Å². The fraction of sp³-hybridized carbons (Fsp3) is 0.0667. The van der Waals surface area contributed by atoms with Gasteiger partial charge in [0, 0.05) is 7.05 Å². The van der Waals surface area contributed by atoms with Gasteiger partial charge in [0.05, 0.1) is 21.7 Å². The number of hydrazone groups is 1. The molecular formula is C15H13BrN4O. The summed E-state index contributed by atoms with van der Waals surface area (Å²) in [7, 11) is 1.93. The maximum atomic E-state index is 9.44. The molecule has 6 heteroatoms. The van der Waals surface area contributed by atoms with Crippen LogP contribution < -0.4 is 5.43 Å². The molecule has 2 aromatic carbocycles. The van der Waals surface area contributed by atoms with E-state index in [9.17, 15) is 5.11 Å². The van der Waals surface area contributed by atoms with Gasteiger partial charge in [-0.25, -0.2) is 10.4 Å². The van der Waals surface area contributed by atoms with Gasteiger partial charge in [0.15, 0.2) is 0 Å². The number of halogens is 1. The van der Waals surface area contributed by atoms with Crippen molar-refractivity contribution >= 4 is 39.1 Å². The molecule has 3 rings (SSSR count). The lowest BCUT2D eigenvalue weighted by Gasteiger charge is -2.01. The van der Waals surface area contributed by atoms with Crippen LogP contribution in [0.4, 0.5) is 5.95 Å². The third-order valence-electron chi connectivity index (χ3n) is 3.14. The van der Waals surface area contributed by atoms with E-state index in [-0.39, 0.29) is 5.75 Å². The lowest BCUT2D eigenvalue weighted by atomic mass is 10.2. The number of phenolic OH excluding ortho intramolecular Hbond substituents is 1. The molecule has 0 amide bonds. The third-order valence-corrected chi connectivity index (χ3v) is 3.77. The summed E-state index contributed by atoms with van der Waals surface area (Å²) in [5.41, 5.74) is 5.76. The second-order valence-electron chi connectivity index (χ2n) is 4.56. The van der Waals surface area contributed by atoms with Crippen molar-refractivity contribution in [3.8, 4) is 5.75 Å². The summed E-state index contributed by atoms with van der Waals surface area (Å²) in [4.78, 5) is 4.46. The van der Waals surface area contributed by atoms with Crippen molar-refractivity contribution in [3.63, 3.8) is 0 Å². The Hall–Kier alpha value is -2.34. The summed E-state index contributed by atoms with van der Waals surface area (Å²) >= 11 is 3.27. The van der Waals surface area contributed by atoms with Crippen LogP contribution >= 0.6 is 15.9 Å². The molecule has 0 atom stereocenters. The highest BCUT2D eigenvalue weighted by Crippen LogP contribution is 2.23. The molecule has 0 aliphatic rings. The van der Waals surface area contributed by atoms with Crippen LogP contribution in [-0.2, 0) is 7.05 Å². The van der Waals surface area contributed by atoms with Crippen molar-refractivity contribution in [1.29, 1.82) is 0 Å². The number of hydrogen-bond donors (Lipinski definition) is 2. The monoisotopic (exact) mass is 344 g/mol. The summed E-state index contributed by atoms with van der Waals surface area (Å²) < 4.78 is 2.58. The van der Waals surface area contributed by atoms with Crippen molar-refractivity contribution in [2.45, 2.75) is 0 Å². The Bertz CT molecular complexity index is 826. The summed E-state index contributed by atoms with van der Waals surface area (Å²) in [6, 6.07) is 13.1. The van der Waals surface area contributed by atoms with Gasteiger partial charge in [-0.05, 0) is 51.8 Å². The number of nitrogens with one attached hydrogen (secondary N) is 1. The average Bonchev–Trinajstić information content (AvgIpc) is 2.80. The molecule has 106 valence electrons. The van der Waals surface area contributed by atoms with Crippen molar-refractivity contribution in [2.75, 3.05) is 5.43 Å². The van der Waals surface area contributed by atoms with E-state index in [0.717, 1.165) is 16.6 Å². The van der Waals surface area contributed by atoms with E-state index in [4.69, 9.17) is 0 Å². The molecule has 0 spiro atoms. The first-order valence-electron chi connectivity index (χ1n) is 6.34. The minimum absolute atomic E-state index is 0.204. The van der Waals surface area contributed by atoms with Crippen LogP contribution in [-0.4, -0.2) is 20.9 Å². The molecular weight excluding hydrogens is 332 g/mol. The van der Waals surface area contributed by atoms with E-state index < -0.39 is 0 Å². The zero-order valence-electron chi connectivity index (χ0n) is 11.3. The minimum atomic E-state index is 0.204. The predicted molar refractivity (Wildman–Crippen MR) is 87.7 cm³/mol. The van der Waals surface area contributed by atoms with E-state index in [0.29, 0.717) is 10.4 Å². The van der Waals surface area contributed by atoms with E-state index in [2.05, 4.69) is 31.4 Å². The van der Waals surface area contributed by atoms with E-state index >= 15 is 0 Å². The van der Waals surface area contributed by atoms with Gasteiger partial charge in [-0.1, -0.05) is 12.1 Å². The normalized spacial score (nSPS) is 11.3. The number of benzene rings is 2. The Morgan fingerprint density at radius 3 is 2.86 bits per heavy atom. The maximum Gasteiger partial charge on any atom is 0.224 e. The second kappa shape index (κ2) is 5.57. The Kier molecular flexibility index (Phi) is 3.62.